The molecule has 28 heavy (non-hydrogen) atoms. The molecule has 1 fully saturated rings. The number of para-hydroxylation sites is 1. The van der Waals surface area contributed by atoms with E-state index in [2.05, 4.69) is 43.7 Å². The summed E-state index contributed by atoms with van der Waals surface area (Å²) >= 11 is 0. The van der Waals surface area contributed by atoms with Crippen molar-refractivity contribution in [3.05, 3.63) is 47.8 Å². The molecule has 1 atom stereocenters. The van der Waals surface area contributed by atoms with Gasteiger partial charge in [0.05, 0.1) is 7.11 Å². The average Bonchev–Trinajstić information content (AvgIpc) is 2.89. The van der Waals surface area contributed by atoms with Gasteiger partial charge >= 0.3 is 6.01 Å². The van der Waals surface area contributed by atoms with Crippen LogP contribution in [-0.2, 0) is 17.9 Å². The van der Waals surface area contributed by atoms with Crippen molar-refractivity contribution in [3.63, 3.8) is 0 Å². The molecule has 1 aromatic heterocycles. The Morgan fingerprint density at radius 3 is 2.82 bits per heavy atom. The lowest BCUT2D eigenvalue weighted by atomic mass is 9.85. The normalized spacial score (nSPS) is 23.0. The van der Waals surface area contributed by atoms with Crippen LogP contribution >= 0.6 is 0 Å². The largest absolute Gasteiger partial charge is 0.467 e. The molecule has 7 nitrogen and oxygen atoms in total. The summed E-state index contributed by atoms with van der Waals surface area (Å²) in [6.45, 7) is 3.32. The first-order chi connectivity index (χ1) is 13.7. The van der Waals surface area contributed by atoms with Crippen LogP contribution < -0.4 is 15.4 Å². The molecule has 2 aliphatic rings. The van der Waals surface area contributed by atoms with Gasteiger partial charge in [0.2, 0.25) is 5.91 Å². The molecule has 1 aromatic carbocycles. The van der Waals surface area contributed by atoms with Gasteiger partial charge in [0.1, 0.15) is 0 Å². The summed E-state index contributed by atoms with van der Waals surface area (Å²) in [4.78, 5) is 23.3. The van der Waals surface area contributed by atoms with Crippen LogP contribution in [0.3, 0.4) is 0 Å². The lowest BCUT2D eigenvalue weighted by molar-refractivity contribution is -0.122. The highest BCUT2D eigenvalue weighted by molar-refractivity contribution is 5.79. The highest BCUT2D eigenvalue weighted by Gasteiger charge is 2.36. The molecule has 3 heterocycles. The minimum absolute atomic E-state index is 0.124. The van der Waals surface area contributed by atoms with Crippen LogP contribution in [0, 0.1) is 0 Å². The van der Waals surface area contributed by atoms with Gasteiger partial charge in [-0.05, 0) is 37.4 Å². The maximum absolute atomic E-state index is 12.5. The Labute approximate surface area is 165 Å². The number of amides is 1. The molecule has 1 saturated heterocycles. The molecule has 7 heteroatoms. The third-order valence-corrected chi connectivity index (χ3v) is 5.70. The predicted molar refractivity (Wildman–Crippen MR) is 107 cm³/mol. The van der Waals surface area contributed by atoms with Crippen molar-refractivity contribution in [2.24, 2.45) is 0 Å². The van der Waals surface area contributed by atoms with Crippen LogP contribution in [-0.4, -0.2) is 46.5 Å². The Morgan fingerprint density at radius 1 is 1.18 bits per heavy atom. The van der Waals surface area contributed by atoms with E-state index in [1.807, 2.05) is 18.5 Å². The van der Waals surface area contributed by atoms with Crippen molar-refractivity contribution in [1.29, 1.82) is 0 Å². The van der Waals surface area contributed by atoms with Gasteiger partial charge in [-0.2, -0.15) is 0 Å². The van der Waals surface area contributed by atoms with Crippen molar-refractivity contribution >= 4 is 11.6 Å². The van der Waals surface area contributed by atoms with E-state index in [-0.39, 0.29) is 11.4 Å². The summed E-state index contributed by atoms with van der Waals surface area (Å²) in [5, 5.41) is 6.83. The minimum Gasteiger partial charge on any atom is -0.467 e. The molecule has 0 radical (unpaired) electrons. The zero-order chi connectivity index (χ0) is 19.4. The number of nitrogens with one attached hydrogen (secondary N) is 2. The molecule has 1 amide bonds. The zero-order valence-electron chi connectivity index (χ0n) is 16.3. The van der Waals surface area contributed by atoms with Crippen LogP contribution in [0.25, 0.3) is 0 Å². The highest BCUT2D eigenvalue weighted by atomic mass is 16.5. The van der Waals surface area contributed by atoms with E-state index in [1.54, 1.807) is 7.11 Å². The Kier molecular flexibility index (Phi) is 5.43. The van der Waals surface area contributed by atoms with Gasteiger partial charge in [-0.3, -0.25) is 9.69 Å². The smallest absolute Gasteiger partial charge is 0.316 e. The fourth-order valence-electron chi connectivity index (χ4n) is 4.19. The SMILES string of the molecule is COc1ncc(CN2CCC[C@@]3(CC2)CC(=O)NCc2ccccc2N3)cn1. The van der Waals surface area contributed by atoms with E-state index in [1.165, 1.54) is 0 Å². The first-order valence-corrected chi connectivity index (χ1v) is 9.86. The molecule has 148 valence electrons. The summed E-state index contributed by atoms with van der Waals surface area (Å²) in [5.41, 5.74) is 3.16. The van der Waals surface area contributed by atoms with Crippen LogP contribution in [0.1, 0.15) is 36.8 Å². The van der Waals surface area contributed by atoms with Gasteiger partial charge in [-0.25, -0.2) is 9.97 Å². The summed E-state index contributed by atoms with van der Waals surface area (Å²) < 4.78 is 5.03. The standard InChI is InChI=1S/C21H27N5O2/c1-28-20-23-12-16(13-24-20)15-26-9-4-7-21(8-10-26)11-19(27)22-14-17-5-2-3-6-18(17)25-21/h2-3,5-6,12-13,25H,4,7-11,14-15H2,1H3,(H,22,27)/t21-/m1/s1. The number of rotatable bonds is 3. The van der Waals surface area contributed by atoms with Crippen molar-refractivity contribution in [1.82, 2.24) is 20.2 Å². The molecule has 0 bridgehead atoms. The number of aromatic nitrogens is 2. The number of likely N-dealkylation sites (tertiary alicyclic amines) is 1. The third-order valence-electron chi connectivity index (χ3n) is 5.70. The lowest BCUT2D eigenvalue weighted by Crippen LogP contribution is -2.46. The maximum atomic E-state index is 12.5. The fraction of sp³-hybridized carbons (Fsp3) is 0.476. The molecule has 0 aliphatic carbocycles. The quantitative estimate of drug-likeness (QED) is 0.850. The van der Waals surface area contributed by atoms with Gasteiger partial charge in [-0.15, -0.1) is 0 Å². The predicted octanol–water partition coefficient (Wildman–Crippen LogP) is 2.34. The number of anilines is 1. The first kappa shape index (κ1) is 18.7. The van der Waals surface area contributed by atoms with Crippen molar-refractivity contribution in [2.45, 2.75) is 44.3 Å². The monoisotopic (exact) mass is 381 g/mol. The molecular weight excluding hydrogens is 354 g/mol. The average molecular weight is 381 g/mol. The second-order valence-electron chi connectivity index (χ2n) is 7.72. The van der Waals surface area contributed by atoms with Crippen molar-refractivity contribution in [2.75, 3.05) is 25.5 Å². The Morgan fingerprint density at radius 2 is 2.00 bits per heavy atom. The summed E-state index contributed by atoms with van der Waals surface area (Å²) in [6.07, 6.45) is 7.10. The Bertz CT molecular complexity index is 826. The van der Waals surface area contributed by atoms with Crippen LogP contribution in [0.15, 0.2) is 36.7 Å². The van der Waals surface area contributed by atoms with Gasteiger partial charge in [0.15, 0.2) is 0 Å². The second-order valence-corrected chi connectivity index (χ2v) is 7.72. The minimum atomic E-state index is -0.203. The maximum Gasteiger partial charge on any atom is 0.316 e. The Hall–Kier alpha value is -2.67. The van der Waals surface area contributed by atoms with E-state index < -0.39 is 0 Å². The molecule has 4 rings (SSSR count). The molecule has 2 aromatic rings. The van der Waals surface area contributed by atoms with Crippen LogP contribution in [0.5, 0.6) is 6.01 Å². The van der Waals surface area contributed by atoms with Crippen LogP contribution in [0.2, 0.25) is 0 Å². The molecular formula is C21H27N5O2. The fourth-order valence-corrected chi connectivity index (χ4v) is 4.19. The summed E-state index contributed by atoms with van der Waals surface area (Å²) in [5.74, 6) is 0.124. The van der Waals surface area contributed by atoms with E-state index >= 15 is 0 Å². The highest BCUT2D eigenvalue weighted by Crippen LogP contribution is 2.33. The lowest BCUT2D eigenvalue weighted by Gasteiger charge is -2.37. The van der Waals surface area contributed by atoms with Gasteiger partial charge in [0.25, 0.3) is 0 Å². The molecule has 1 spiro atoms. The van der Waals surface area contributed by atoms with Crippen molar-refractivity contribution < 1.29 is 9.53 Å². The summed E-state index contributed by atoms with van der Waals surface area (Å²) in [6, 6.07) is 8.66. The first-order valence-electron chi connectivity index (χ1n) is 9.86. The number of ether oxygens (including phenoxy) is 1. The van der Waals surface area contributed by atoms with Gasteiger partial charge < -0.3 is 15.4 Å². The van der Waals surface area contributed by atoms with Crippen molar-refractivity contribution in [3.8, 4) is 6.01 Å². The number of carbonyl (C=O) groups is 1. The number of benzene rings is 1. The molecule has 2 N–H and O–H groups in total. The topological polar surface area (TPSA) is 79.4 Å². The van der Waals surface area contributed by atoms with Gasteiger partial charge in [-0.1, -0.05) is 18.2 Å². The van der Waals surface area contributed by atoms with E-state index in [9.17, 15) is 4.79 Å². The number of hydrogen-bond acceptors (Lipinski definition) is 6. The number of fused-ring (bicyclic) bond motifs is 1. The number of methoxy groups -OCH3 is 1. The second kappa shape index (κ2) is 8.14. The third kappa shape index (κ3) is 4.25. The number of nitrogens with zero attached hydrogens (tertiary/aromatic N) is 3. The molecule has 2 aliphatic heterocycles. The summed E-state index contributed by atoms with van der Waals surface area (Å²) in [7, 11) is 1.57. The number of hydrogen-bond donors (Lipinski definition) is 2. The molecule has 0 unspecified atom stereocenters. The van der Waals surface area contributed by atoms with E-state index in [0.717, 1.165) is 55.7 Å². The van der Waals surface area contributed by atoms with E-state index in [0.29, 0.717) is 19.0 Å². The Balaban J connectivity index is 1.47. The zero-order valence-corrected chi connectivity index (χ0v) is 16.3. The van der Waals surface area contributed by atoms with Gasteiger partial charge in [0, 0.05) is 55.2 Å². The van der Waals surface area contributed by atoms with E-state index in [4.69, 9.17) is 4.74 Å². The number of carbonyl (C=O) groups excluding carboxylic acids is 1. The van der Waals surface area contributed by atoms with Crippen LogP contribution in [0.4, 0.5) is 5.69 Å². The molecule has 0 saturated carbocycles.